The van der Waals surface area contributed by atoms with Crippen molar-refractivity contribution in [1.29, 1.82) is 0 Å². The van der Waals surface area contributed by atoms with E-state index in [9.17, 15) is 13.6 Å². The summed E-state index contributed by atoms with van der Waals surface area (Å²) in [6.45, 7) is 0.00754. The standard InChI is InChI=1S/C20H13BrF2N4O/c21-17-4-2-1-3-16(17)19-26-25-18-9-13(5-6-27(18)19)20(28)24-11-12-7-14(22)10-15(23)8-12/h1-10H,11H2,(H,24,28). The summed E-state index contributed by atoms with van der Waals surface area (Å²) in [5.74, 6) is -1.11. The van der Waals surface area contributed by atoms with E-state index in [1.165, 1.54) is 12.1 Å². The average molecular weight is 443 g/mol. The van der Waals surface area contributed by atoms with E-state index in [-0.39, 0.29) is 12.5 Å². The zero-order chi connectivity index (χ0) is 19.7. The van der Waals surface area contributed by atoms with Gasteiger partial charge in [0, 0.05) is 34.4 Å². The van der Waals surface area contributed by atoms with Gasteiger partial charge in [0.15, 0.2) is 11.5 Å². The molecule has 4 aromatic rings. The predicted molar refractivity (Wildman–Crippen MR) is 104 cm³/mol. The maximum atomic E-state index is 13.2. The molecule has 4 rings (SSSR count). The Hall–Kier alpha value is -3.13. The fraction of sp³-hybridized carbons (Fsp3) is 0.0500. The lowest BCUT2D eigenvalue weighted by Gasteiger charge is -2.07. The molecule has 1 amide bonds. The first kappa shape index (κ1) is 18.2. The normalized spacial score (nSPS) is 11.0. The topological polar surface area (TPSA) is 59.3 Å². The first-order valence-electron chi connectivity index (χ1n) is 8.34. The third-order valence-electron chi connectivity index (χ3n) is 4.16. The lowest BCUT2D eigenvalue weighted by Crippen LogP contribution is -2.23. The van der Waals surface area contributed by atoms with E-state index in [1.807, 2.05) is 24.3 Å². The quantitative estimate of drug-likeness (QED) is 0.510. The number of carbonyl (C=O) groups excluding carboxylic acids is 1. The zero-order valence-electron chi connectivity index (χ0n) is 14.4. The summed E-state index contributed by atoms with van der Waals surface area (Å²) in [5.41, 5.74) is 2.09. The molecule has 2 aromatic heterocycles. The SMILES string of the molecule is O=C(NCc1cc(F)cc(F)c1)c1ccn2c(-c3ccccc3Br)nnc2c1. The third kappa shape index (κ3) is 3.63. The van der Waals surface area contributed by atoms with Crippen LogP contribution >= 0.6 is 15.9 Å². The van der Waals surface area contributed by atoms with Gasteiger partial charge in [0.1, 0.15) is 11.6 Å². The maximum absolute atomic E-state index is 13.2. The summed E-state index contributed by atoms with van der Waals surface area (Å²) in [4.78, 5) is 12.4. The van der Waals surface area contributed by atoms with Crippen LogP contribution in [-0.2, 0) is 6.54 Å². The minimum absolute atomic E-state index is 0.00754. The molecule has 5 nitrogen and oxygen atoms in total. The van der Waals surface area contributed by atoms with Gasteiger partial charge in [0.2, 0.25) is 0 Å². The zero-order valence-corrected chi connectivity index (χ0v) is 16.0. The summed E-state index contributed by atoms with van der Waals surface area (Å²) in [6, 6.07) is 14.0. The van der Waals surface area contributed by atoms with Gasteiger partial charge in [-0.25, -0.2) is 8.78 Å². The number of benzene rings is 2. The highest BCUT2D eigenvalue weighted by Gasteiger charge is 2.13. The average Bonchev–Trinajstić information content (AvgIpc) is 3.09. The van der Waals surface area contributed by atoms with Crippen molar-refractivity contribution in [3.05, 3.63) is 88.0 Å². The number of nitrogens with zero attached hydrogens (tertiary/aromatic N) is 3. The van der Waals surface area contributed by atoms with Gasteiger partial charge in [-0.15, -0.1) is 10.2 Å². The van der Waals surface area contributed by atoms with Crippen molar-refractivity contribution in [2.24, 2.45) is 0 Å². The number of halogens is 3. The molecule has 0 aliphatic rings. The third-order valence-corrected chi connectivity index (χ3v) is 4.85. The first-order chi connectivity index (χ1) is 13.5. The number of fused-ring (bicyclic) bond motifs is 1. The minimum atomic E-state index is -0.686. The Morgan fingerprint density at radius 3 is 2.54 bits per heavy atom. The van der Waals surface area contributed by atoms with E-state index in [0.717, 1.165) is 16.1 Å². The van der Waals surface area contributed by atoms with Gasteiger partial charge in [0.05, 0.1) is 0 Å². The van der Waals surface area contributed by atoms with Crippen molar-refractivity contribution >= 4 is 27.5 Å². The van der Waals surface area contributed by atoms with Crippen LogP contribution in [0.1, 0.15) is 15.9 Å². The summed E-state index contributed by atoms with van der Waals surface area (Å²) in [6.07, 6.45) is 1.71. The van der Waals surface area contributed by atoms with E-state index < -0.39 is 11.6 Å². The van der Waals surface area contributed by atoms with Crippen LogP contribution in [0.25, 0.3) is 17.0 Å². The molecule has 0 fully saturated rings. The van der Waals surface area contributed by atoms with Crippen molar-refractivity contribution in [2.75, 3.05) is 0 Å². The molecule has 28 heavy (non-hydrogen) atoms. The van der Waals surface area contributed by atoms with Gasteiger partial charge >= 0.3 is 0 Å². The maximum Gasteiger partial charge on any atom is 0.251 e. The molecule has 2 aromatic carbocycles. The molecule has 0 saturated carbocycles. The molecule has 0 bridgehead atoms. The second-order valence-electron chi connectivity index (χ2n) is 6.11. The fourth-order valence-electron chi connectivity index (χ4n) is 2.86. The molecule has 1 N–H and O–H groups in total. The molecule has 0 aliphatic heterocycles. The monoisotopic (exact) mass is 442 g/mol. The van der Waals surface area contributed by atoms with Crippen molar-refractivity contribution in [3.63, 3.8) is 0 Å². The van der Waals surface area contributed by atoms with E-state index in [2.05, 4.69) is 31.4 Å². The van der Waals surface area contributed by atoms with E-state index >= 15 is 0 Å². The number of hydrogen-bond acceptors (Lipinski definition) is 3. The van der Waals surface area contributed by atoms with Crippen LogP contribution in [0.4, 0.5) is 8.78 Å². The minimum Gasteiger partial charge on any atom is -0.348 e. The largest absolute Gasteiger partial charge is 0.348 e. The summed E-state index contributed by atoms with van der Waals surface area (Å²) < 4.78 is 29.2. The molecular weight excluding hydrogens is 430 g/mol. The highest BCUT2D eigenvalue weighted by atomic mass is 79.9. The van der Waals surface area contributed by atoms with Crippen molar-refractivity contribution < 1.29 is 13.6 Å². The Morgan fingerprint density at radius 2 is 1.79 bits per heavy atom. The predicted octanol–water partition coefficient (Wildman–Crippen LogP) is 4.37. The van der Waals surface area contributed by atoms with Crippen LogP contribution in [0.3, 0.4) is 0 Å². The summed E-state index contributed by atoms with van der Waals surface area (Å²) in [5, 5.41) is 11.0. The molecule has 2 heterocycles. The second-order valence-corrected chi connectivity index (χ2v) is 6.96. The van der Waals surface area contributed by atoms with Crippen LogP contribution in [0.5, 0.6) is 0 Å². The molecule has 0 spiro atoms. The number of rotatable bonds is 4. The van der Waals surface area contributed by atoms with Crippen molar-refractivity contribution in [2.45, 2.75) is 6.54 Å². The van der Waals surface area contributed by atoms with Gasteiger partial charge in [-0.1, -0.05) is 34.1 Å². The number of aromatic nitrogens is 3. The first-order valence-corrected chi connectivity index (χ1v) is 9.13. The smallest absolute Gasteiger partial charge is 0.251 e. The second kappa shape index (κ2) is 7.47. The molecule has 0 radical (unpaired) electrons. The Labute approximate surface area is 167 Å². The highest BCUT2D eigenvalue weighted by molar-refractivity contribution is 9.10. The van der Waals surface area contributed by atoms with Gasteiger partial charge in [-0.3, -0.25) is 9.20 Å². The van der Waals surface area contributed by atoms with E-state index in [0.29, 0.717) is 22.6 Å². The molecular formula is C20H13BrF2N4O. The Morgan fingerprint density at radius 1 is 1.04 bits per heavy atom. The van der Waals surface area contributed by atoms with Crippen LogP contribution in [-0.4, -0.2) is 20.5 Å². The Balaban J connectivity index is 1.56. The van der Waals surface area contributed by atoms with E-state index in [4.69, 9.17) is 0 Å². The van der Waals surface area contributed by atoms with Crippen LogP contribution in [0.15, 0.2) is 65.3 Å². The van der Waals surface area contributed by atoms with Gasteiger partial charge in [-0.05, 0) is 35.9 Å². The van der Waals surface area contributed by atoms with Gasteiger partial charge < -0.3 is 5.32 Å². The van der Waals surface area contributed by atoms with Gasteiger partial charge in [-0.2, -0.15) is 0 Å². The van der Waals surface area contributed by atoms with Crippen molar-refractivity contribution in [3.8, 4) is 11.4 Å². The van der Waals surface area contributed by atoms with Crippen LogP contribution < -0.4 is 5.32 Å². The molecule has 0 unspecified atom stereocenters. The molecule has 8 heteroatoms. The lowest BCUT2D eigenvalue weighted by molar-refractivity contribution is 0.0950. The molecule has 140 valence electrons. The number of carbonyl (C=O) groups is 1. The van der Waals surface area contributed by atoms with Crippen LogP contribution in [0.2, 0.25) is 0 Å². The summed E-state index contributed by atoms with van der Waals surface area (Å²) >= 11 is 3.50. The number of hydrogen-bond donors (Lipinski definition) is 1. The summed E-state index contributed by atoms with van der Waals surface area (Å²) in [7, 11) is 0. The number of pyridine rings is 1. The molecule has 0 aliphatic carbocycles. The fourth-order valence-corrected chi connectivity index (χ4v) is 3.32. The lowest BCUT2D eigenvalue weighted by atomic mass is 10.2. The highest BCUT2D eigenvalue weighted by Crippen LogP contribution is 2.26. The molecule has 0 saturated heterocycles. The Bertz CT molecular complexity index is 1170. The van der Waals surface area contributed by atoms with Crippen molar-refractivity contribution in [1.82, 2.24) is 19.9 Å². The number of amides is 1. The number of nitrogens with one attached hydrogen (secondary N) is 1. The molecule has 0 atom stereocenters. The van der Waals surface area contributed by atoms with E-state index in [1.54, 1.807) is 22.7 Å². The Kier molecular flexibility index (Phi) is 4.87. The van der Waals surface area contributed by atoms with Gasteiger partial charge in [0.25, 0.3) is 5.91 Å². The van der Waals surface area contributed by atoms with Crippen LogP contribution in [0, 0.1) is 11.6 Å².